The maximum Gasteiger partial charge on any atom is 0.220 e. The molecular weight excluding hydrogens is 221 g/mol. The molecule has 1 amide bonds. The molecule has 0 unspecified atom stereocenters. The van der Waals surface area contributed by atoms with E-state index >= 15 is 0 Å². The Kier molecular flexibility index (Phi) is 3.90. The number of aromatic nitrogens is 1. The largest absolute Gasteiger partial charge is 0.385 e. The Morgan fingerprint density at radius 2 is 2.35 bits per heavy atom. The predicted molar refractivity (Wildman–Crippen MR) is 63.1 cm³/mol. The summed E-state index contributed by atoms with van der Waals surface area (Å²) >= 11 is 0. The number of nitrogens with zero attached hydrogens (tertiary/aromatic N) is 1. The van der Waals surface area contributed by atoms with Gasteiger partial charge in [0.1, 0.15) is 0 Å². The summed E-state index contributed by atoms with van der Waals surface area (Å²) in [5, 5.41) is 5.97. The molecule has 0 saturated heterocycles. The molecule has 1 aromatic heterocycles. The van der Waals surface area contributed by atoms with Crippen molar-refractivity contribution in [2.45, 2.75) is 31.7 Å². The number of rotatable bonds is 6. The first-order chi connectivity index (χ1) is 8.24. The van der Waals surface area contributed by atoms with Crippen molar-refractivity contribution in [1.82, 2.24) is 10.3 Å². The van der Waals surface area contributed by atoms with Gasteiger partial charge in [0.2, 0.25) is 11.9 Å². The lowest BCUT2D eigenvalue weighted by Crippen LogP contribution is -2.25. The van der Waals surface area contributed by atoms with E-state index in [1.54, 1.807) is 6.07 Å². The second-order valence-electron chi connectivity index (χ2n) is 4.24. The van der Waals surface area contributed by atoms with E-state index in [2.05, 4.69) is 15.6 Å². The highest BCUT2D eigenvalue weighted by molar-refractivity contribution is 5.76. The highest BCUT2D eigenvalue weighted by Crippen LogP contribution is 2.18. The maximum atomic E-state index is 12.7. The molecule has 17 heavy (non-hydrogen) atoms. The normalized spacial score (nSPS) is 14.4. The van der Waals surface area contributed by atoms with E-state index in [0.29, 0.717) is 24.7 Å². The number of amides is 1. The number of carbonyl (C=O) groups excluding carboxylic acids is 1. The second-order valence-corrected chi connectivity index (χ2v) is 4.24. The summed E-state index contributed by atoms with van der Waals surface area (Å²) in [6.45, 7) is 0.654. The van der Waals surface area contributed by atoms with Crippen LogP contribution in [0.1, 0.15) is 25.7 Å². The zero-order valence-electron chi connectivity index (χ0n) is 9.58. The number of hydrogen-bond donors (Lipinski definition) is 2. The van der Waals surface area contributed by atoms with Gasteiger partial charge in [-0.1, -0.05) is 0 Å². The fourth-order valence-corrected chi connectivity index (χ4v) is 1.52. The van der Waals surface area contributed by atoms with Gasteiger partial charge in [0.15, 0.2) is 0 Å². The van der Waals surface area contributed by atoms with Crippen LogP contribution < -0.4 is 10.6 Å². The topological polar surface area (TPSA) is 54.0 Å². The monoisotopic (exact) mass is 237 g/mol. The maximum absolute atomic E-state index is 12.7. The van der Waals surface area contributed by atoms with Crippen molar-refractivity contribution in [3.05, 3.63) is 24.3 Å². The Hall–Kier alpha value is -1.65. The number of hydrogen-bond acceptors (Lipinski definition) is 3. The zero-order valence-corrected chi connectivity index (χ0v) is 9.58. The van der Waals surface area contributed by atoms with Gasteiger partial charge in [0.25, 0.3) is 0 Å². The van der Waals surface area contributed by atoms with Crippen molar-refractivity contribution in [3.8, 4) is 0 Å². The standard InChI is InChI=1S/C12H16FN3O/c13-11-8-10(5-7-15-11)14-6-1-2-12(17)16-9-3-4-9/h5,7-9H,1-4,6H2,(H,14,15)(H,16,17). The first-order valence-electron chi connectivity index (χ1n) is 5.89. The van der Waals surface area contributed by atoms with E-state index in [-0.39, 0.29) is 5.91 Å². The molecule has 2 rings (SSSR count). The van der Waals surface area contributed by atoms with Crippen molar-refractivity contribution < 1.29 is 9.18 Å². The summed E-state index contributed by atoms with van der Waals surface area (Å²) in [4.78, 5) is 14.8. The van der Waals surface area contributed by atoms with Crippen molar-refractivity contribution in [1.29, 1.82) is 0 Å². The first kappa shape index (κ1) is 11.8. The van der Waals surface area contributed by atoms with Crippen LogP contribution in [0.25, 0.3) is 0 Å². The molecular formula is C12H16FN3O. The highest BCUT2D eigenvalue weighted by atomic mass is 19.1. The minimum absolute atomic E-state index is 0.107. The molecule has 1 aromatic rings. The molecule has 1 saturated carbocycles. The first-order valence-corrected chi connectivity index (χ1v) is 5.89. The quantitative estimate of drug-likeness (QED) is 0.584. The Morgan fingerprint density at radius 3 is 3.06 bits per heavy atom. The molecule has 92 valence electrons. The summed E-state index contributed by atoms with van der Waals surface area (Å²) in [5.74, 6) is -0.392. The van der Waals surface area contributed by atoms with Crippen LogP contribution in [-0.2, 0) is 4.79 Å². The minimum Gasteiger partial charge on any atom is -0.385 e. The molecule has 1 fully saturated rings. The molecule has 1 aliphatic carbocycles. The molecule has 0 aromatic carbocycles. The van der Waals surface area contributed by atoms with Gasteiger partial charge in [0.05, 0.1) is 0 Å². The van der Waals surface area contributed by atoms with Gasteiger partial charge < -0.3 is 10.6 Å². The smallest absolute Gasteiger partial charge is 0.220 e. The third-order valence-corrected chi connectivity index (χ3v) is 2.58. The number of pyridine rings is 1. The van der Waals surface area contributed by atoms with Crippen LogP contribution in [0.5, 0.6) is 0 Å². The lowest BCUT2D eigenvalue weighted by Gasteiger charge is -2.06. The molecule has 0 atom stereocenters. The van der Waals surface area contributed by atoms with Crippen molar-refractivity contribution in [2.24, 2.45) is 0 Å². The van der Waals surface area contributed by atoms with Gasteiger partial charge >= 0.3 is 0 Å². The average Bonchev–Trinajstić information content (AvgIpc) is 3.08. The molecule has 4 nitrogen and oxygen atoms in total. The molecule has 0 bridgehead atoms. The second kappa shape index (κ2) is 5.61. The fraction of sp³-hybridized carbons (Fsp3) is 0.500. The Labute approximate surface area is 99.6 Å². The van der Waals surface area contributed by atoms with E-state index in [0.717, 1.165) is 19.3 Å². The summed E-state index contributed by atoms with van der Waals surface area (Å²) in [6.07, 6.45) is 4.89. The van der Waals surface area contributed by atoms with Crippen LogP contribution in [0.4, 0.5) is 10.1 Å². The number of anilines is 1. The molecule has 5 heteroatoms. The average molecular weight is 237 g/mol. The van der Waals surface area contributed by atoms with Crippen LogP contribution in [0.3, 0.4) is 0 Å². The van der Waals surface area contributed by atoms with E-state index in [9.17, 15) is 9.18 Å². The lowest BCUT2D eigenvalue weighted by atomic mass is 10.3. The third kappa shape index (κ3) is 4.38. The van der Waals surface area contributed by atoms with Gasteiger partial charge in [0, 0.05) is 37.0 Å². The predicted octanol–water partition coefficient (Wildman–Crippen LogP) is 1.69. The molecule has 2 N–H and O–H groups in total. The van der Waals surface area contributed by atoms with Crippen LogP contribution >= 0.6 is 0 Å². The van der Waals surface area contributed by atoms with Crippen LogP contribution in [0, 0.1) is 5.95 Å². The third-order valence-electron chi connectivity index (χ3n) is 2.58. The lowest BCUT2D eigenvalue weighted by molar-refractivity contribution is -0.121. The molecule has 1 heterocycles. The highest BCUT2D eigenvalue weighted by Gasteiger charge is 2.22. The van der Waals surface area contributed by atoms with Gasteiger partial charge in [-0.3, -0.25) is 4.79 Å². The van der Waals surface area contributed by atoms with E-state index < -0.39 is 5.95 Å². The molecule has 0 aliphatic heterocycles. The van der Waals surface area contributed by atoms with Crippen LogP contribution in [0.2, 0.25) is 0 Å². The molecule has 1 aliphatic rings. The Morgan fingerprint density at radius 1 is 1.53 bits per heavy atom. The van der Waals surface area contributed by atoms with Gasteiger partial charge in [-0.25, -0.2) is 4.98 Å². The number of nitrogens with one attached hydrogen (secondary N) is 2. The van der Waals surface area contributed by atoms with E-state index in [1.165, 1.54) is 12.3 Å². The van der Waals surface area contributed by atoms with Crippen molar-refractivity contribution in [2.75, 3.05) is 11.9 Å². The SMILES string of the molecule is O=C(CCCNc1ccnc(F)c1)NC1CC1. The molecule has 0 spiro atoms. The van der Waals surface area contributed by atoms with Gasteiger partial charge in [-0.05, 0) is 25.3 Å². The summed E-state index contributed by atoms with van der Waals surface area (Å²) in [7, 11) is 0. The van der Waals surface area contributed by atoms with Crippen molar-refractivity contribution >= 4 is 11.6 Å². The Bertz CT molecular complexity index is 393. The summed E-state index contributed by atoms with van der Waals surface area (Å²) < 4.78 is 12.7. The Balaban J connectivity index is 1.60. The molecule has 0 radical (unpaired) electrons. The zero-order chi connectivity index (χ0) is 12.1. The van der Waals surface area contributed by atoms with Gasteiger partial charge in [-0.2, -0.15) is 4.39 Å². The summed E-state index contributed by atoms with van der Waals surface area (Å²) in [5.41, 5.74) is 0.695. The number of halogens is 1. The fourth-order valence-electron chi connectivity index (χ4n) is 1.52. The minimum atomic E-state index is -0.499. The van der Waals surface area contributed by atoms with Crippen LogP contribution in [-0.4, -0.2) is 23.5 Å². The van der Waals surface area contributed by atoms with Crippen molar-refractivity contribution in [3.63, 3.8) is 0 Å². The van der Waals surface area contributed by atoms with Crippen LogP contribution in [0.15, 0.2) is 18.3 Å². The number of carbonyl (C=O) groups is 1. The van der Waals surface area contributed by atoms with E-state index in [4.69, 9.17) is 0 Å². The van der Waals surface area contributed by atoms with E-state index in [1.807, 2.05) is 0 Å². The summed E-state index contributed by atoms with van der Waals surface area (Å²) in [6, 6.07) is 3.46. The van der Waals surface area contributed by atoms with Gasteiger partial charge in [-0.15, -0.1) is 0 Å².